The molecule has 39 heavy (non-hydrogen) atoms. The van der Waals surface area contributed by atoms with Gasteiger partial charge in [-0.2, -0.15) is 0 Å². The molecule has 4 rings (SSSR count). The average Bonchev–Trinajstić information content (AvgIpc) is 2.93. The Morgan fingerprint density at radius 2 is 1.69 bits per heavy atom. The van der Waals surface area contributed by atoms with Crippen molar-refractivity contribution >= 4 is 20.4 Å². The Kier molecular flexibility index (Phi) is 7.97. The van der Waals surface area contributed by atoms with Crippen LogP contribution in [0, 0.1) is 0 Å². The average molecular weight is 548 g/mol. The van der Waals surface area contributed by atoms with Crippen molar-refractivity contribution in [2.24, 2.45) is 0 Å². The first kappa shape index (κ1) is 28.1. The lowest BCUT2D eigenvalue weighted by Gasteiger charge is -2.36. The smallest absolute Gasteiger partial charge is 0.266 e. The number of nitrogens with one attached hydrogen (secondary N) is 1. The molecule has 0 aliphatic heterocycles. The molecule has 0 saturated carbocycles. The summed E-state index contributed by atoms with van der Waals surface area (Å²) in [6.07, 6.45) is 7.13. The second-order valence-corrected chi connectivity index (χ2v) is 14.6. The van der Waals surface area contributed by atoms with E-state index in [0.717, 1.165) is 29.7 Å². The highest BCUT2D eigenvalue weighted by Gasteiger charge is 2.39. The van der Waals surface area contributed by atoms with Crippen LogP contribution in [0.4, 0.5) is 11.4 Å². The molecule has 0 fully saturated rings. The molecular formula is C31H37N3O4S. The molecule has 2 heterocycles. The van der Waals surface area contributed by atoms with Gasteiger partial charge < -0.3 is 19.7 Å². The number of anilines is 2. The molecule has 0 radical (unpaired) electrons. The van der Waals surface area contributed by atoms with Crippen molar-refractivity contribution in [2.45, 2.75) is 42.9 Å². The molecule has 0 spiro atoms. The van der Waals surface area contributed by atoms with Crippen molar-refractivity contribution in [3.63, 3.8) is 0 Å². The summed E-state index contributed by atoms with van der Waals surface area (Å²) in [6, 6.07) is 20.6. The fourth-order valence-electron chi connectivity index (χ4n) is 4.93. The van der Waals surface area contributed by atoms with Crippen LogP contribution < -0.4 is 15.2 Å². The number of methoxy groups -OCH3 is 1. The summed E-state index contributed by atoms with van der Waals surface area (Å²) >= 11 is 0. The van der Waals surface area contributed by atoms with E-state index in [-0.39, 0.29) is 10.6 Å². The number of aromatic amines is 1. The second-order valence-electron chi connectivity index (χ2n) is 10.1. The van der Waals surface area contributed by atoms with Crippen LogP contribution in [-0.4, -0.2) is 45.4 Å². The van der Waals surface area contributed by atoms with Crippen LogP contribution in [-0.2, 0) is 15.5 Å². The van der Waals surface area contributed by atoms with Crippen molar-refractivity contribution < 1.29 is 14.1 Å². The number of para-hydroxylation sites is 1. The molecule has 2 aromatic heterocycles. The lowest BCUT2D eigenvalue weighted by atomic mass is 10.1. The summed E-state index contributed by atoms with van der Waals surface area (Å²) in [5.74, 6) is 0.260. The Morgan fingerprint density at radius 3 is 2.31 bits per heavy atom. The van der Waals surface area contributed by atoms with Crippen LogP contribution >= 0.6 is 0 Å². The van der Waals surface area contributed by atoms with Gasteiger partial charge in [0.25, 0.3) is 5.56 Å². The summed E-state index contributed by atoms with van der Waals surface area (Å²) in [6.45, 7) is 4.61. The van der Waals surface area contributed by atoms with Crippen molar-refractivity contribution in [3.8, 4) is 22.8 Å². The highest BCUT2D eigenvalue weighted by Crippen LogP contribution is 2.47. The number of nitrogens with zero attached hydrogens (tertiary/aromatic N) is 2. The third kappa shape index (κ3) is 5.47. The van der Waals surface area contributed by atoms with Crippen molar-refractivity contribution in [1.82, 2.24) is 9.97 Å². The molecule has 0 bridgehead atoms. The largest absolute Gasteiger partial charge is 0.504 e. The molecule has 7 nitrogen and oxygen atoms in total. The molecule has 4 aromatic rings. The van der Waals surface area contributed by atoms with E-state index >= 15 is 0 Å². The van der Waals surface area contributed by atoms with Gasteiger partial charge in [-0.3, -0.25) is 9.00 Å². The number of unbranched alkanes of at least 4 members (excludes halogenated alkanes) is 1. The van der Waals surface area contributed by atoms with Gasteiger partial charge in [-0.05, 0) is 70.3 Å². The number of hydrogen-bond donors (Lipinski definition) is 2. The van der Waals surface area contributed by atoms with Crippen molar-refractivity contribution in [1.29, 1.82) is 0 Å². The van der Waals surface area contributed by atoms with E-state index in [9.17, 15) is 14.1 Å². The SMILES string of the molecule is CCCCc1[nH]c(=O)c(S(C)(C)(=O)c2ccc(-c3ccnc(OC)c3)cc2)c(O)c1N(CC)c1ccccc1. The van der Waals surface area contributed by atoms with Gasteiger partial charge in [0.1, 0.15) is 10.6 Å². The third-order valence-electron chi connectivity index (χ3n) is 7.04. The summed E-state index contributed by atoms with van der Waals surface area (Å²) in [5, 5.41) is 11.8. The van der Waals surface area contributed by atoms with E-state index in [1.54, 1.807) is 38.0 Å². The number of benzene rings is 2. The summed E-state index contributed by atoms with van der Waals surface area (Å²) < 4.78 is 20.1. The first-order valence-electron chi connectivity index (χ1n) is 13.1. The zero-order chi connectivity index (χ0) is 28.2. The topological polar surface area (TPSA) is 95.5 Å². The van der Waals surface area contributed by atoms with Crippen LogP contribution in [0.15, 0.2) is 87.5 Å². The molecule has 2 aromatic carbocycles. The van der Waals surface area contributed by atoms with Gasteiger partial charge in [0.15, 0.2) is 5.75 Å². The molecular weight excluding hydrogens is 510 g/mol. The van der Waals surface area contributed by atoms with E-state index in [0.29, 0.717) is 35.1 Å². The number of rotatable bonds is 10. The molecule has 2 N–H and O–H groups in total. The molecule has 0 unspecified atom stereocenters. The number of hydrogen-bond acceptors (Lipinski definition) is 6. The van der Waals surface area contributed by atoms with Gasteiger partial charge in [-0.25, -0.2) is 4.98 Å². The molecule has 0 atom stereocenters. The minimum absolute atomic E-state index is 0.102. The minimum atomic E-state index is -4.03. The molecule has 206 valence electrons. The molecule has 0 aliphatic carbocycles. The van der Waals surface area contributed by atoms with Gasteiger partial charge in [0.2, 0.25) is 5.88 Å². The number of aromatic nitrogens is 2. The zero-order valence-electron chi connectivity index (χ0n) is 23.2. The molecule has 0 amide bonds. The van der Waals surface area contributed by atoms with Crippen LogP contribution in [0.5, 0.6) is 11.6 Å². The normalized spacial score (nSPS) is 12.5. The number of pyridine rings is 2. The highest BCUT2D eigenvalue weighted by atomic mass is 32.3. The van der Waals surface area contributed by atoms with Gasteiger partial charge >= 0.3 is 0 Å². The number of aromatic hydroxyl groups is 1. The Bertz CT molecular complexity index is 1570. The lowest BCUT2D eigenvalue weighted by molar-refractivity contribution is 0.398. The van der Waals surface area contributed by atoms with Gasteiger partial charge in [0.05, 0.1) is 7.11 Å². The van der Waals surface area contributed by atoms with Crippen molar-refractivity contribution in [3.05, 3.63) is 89.0 Å². The van der Waals surface area contributed by atoms with Gasteiger partial charge in [-0.1, -0.05) is 43.7 Å². The fourth-order valence-corrected chi connectivity index (χ4v) is 7.34. The monoisotopic (exact) mass is 547 g/mol. The van der Waals surface area contributed by atoms with E-state index < -0.39 is 14.6 Å². The Balaban J connectivity index is 1.89. The van der Waals surface area contributed by atoms with Crippen LogP contribution in [0.2, 0.25) is 0 Å². The predicted octanol–water partition coefficient (Wildman–Crippen LogP) is 6.15. The first-order valence-corrected chi connectivity index (χ1v) is 15.9. The van der Waals surface area contributed by atoms with Crippen LogP contribution in [0.3, 0.4) is 0 Å². The van der Waals surface area contributed by atoms with E-state index in [2.05, 4.69) is 16.9 Å². The van der Waals surface area contributed by atoms with Crippen LogP contribution in [0.1, 0.15) is 32.4 Å². The quantitative estimate of drug-likeness (QED) is 0.247. The Labute approximate surface area is 229 Å². The number of aryl methyl sites for hydroxylation is 1. The Morgan fingerprint density at radius 1 is 1.00 bits per heavy atom. The third-order valence-corrected chi connectivity index (χ3v) is 10.3. The maximum atomic E-state index is 14.9. The van der Waals surface area contributed by atoms with E-state index in [4.69, 9.17) is 4.74 Å². The van der Waals surface area contributed by atoms with E-state index in [1.165, 1.54) is 0 Å². The van der Waals surface area contributed by atoms with Gasteiger partial charge in [0, 0.05) is 47.6 Å². The zero-order valence-corrected chi connectivity index (χ0v) is 24.0. The maximum absolute atomic E-state index is 14.9. The molecule has 0 aliphatic rings. The first-order chi connectivity index (χ1) is 18.6. The summed E-state index contributed by atoms with van der Waals surface area (Å²) in [4.78, 5) is 23.1. The fraction of sp³-hybridized carbons (Fsp3) is 0.290. The van der Waals surface area contributed by atoms with E-state index in [1.807, 2.05) is 66.4 Å². The van der Waals surface area contributed by atoms with Gasteiger partial charge in [-0.15, -0.1) is 0 Å². The van der Waals surface area contributed by atoms with Crippen molar-refractivity contribution in [2.75, 3.05) is 31.1 Å². The standard InChI is InChI=1S/C31H37N3O4S/c1-6-8-14-26-28(34(7-2)24-12-10-9-11-13-24)29(35)30(31(36)33-26)39(4,5,37)25-17-15-22(16-18-25)23-19-20-32-27(21-23)38-3/h9-13,15-21H,6-8,14H2,1-5H3,(H2,33,35,36). The van der Waals surface area contributed by atoms with Crippen LogP contribution in [0.25, 0.3) is 11.1 Å². The summed E-state index contributed by atoms with van der Waals surface area (Å²) in [5.41, 5.74) is 3.26. The Hall–Kier alpha value is -3.91. The minimum Gasteiger partial charge on any atom is -0.504 e. The molecule has 0 saturated heterocycles. The summed E-state index contributed by atoms with van der Waals surface area (Å²) in [7, 11) is -2.46. The highest BCUT2D eigenvalue weighted by molar-refractivity contribution is 8.19. The maximum Gasteiger partial charge on any atom is 0.266 e. The lowest BCUT2D eigenvalue weighted by Crippen LogP contribution is -2.37. The molecule has 8 heteroatoms. The second kappa shape index (κ2) is 11.1. The predicted molar refractivity (Wildman–Crippen MR) is 159 cm³/mol. The number of H-pyrrole nitrogens is 1. The number of ether oxygens (including phenoxy) is 1.